The maximum atomic E-state index is 12.3. The number of H-pyrrole nitrogens is 1. The standard InChI is InChI=1S/C12H18N4OS/c1-12(2)7-16(5-6-18-12)11(17)10-13-9(14-15-10)8-3-4-8/h8H,3-7H2,1-2H3,(H,13,14,15). The molecule has 1 saturated heterocycles. The fourth-order valence-electron chi connectivity index (χ4n) is 2.24. The van der Waals surface area contributed by atoms with Crippen LogP contribution in [0.1, 0.15) is 49.1 Å². The van der Waals surface area contributed by atoms with Gasteiger partial charge < -0.3 is 4.90 Å². The van der Waals surface area contributed by atoms with Gasteiger partial charge in [-0.15, -0.1) is 5.10 Å². The molecule has 5 nitrogen and oxygen atoms in total. The monoisotopic (exact) mass is 266 g/mol. The number of aromatic nitrogens is 3. The van der Waals surface area contributed by atoms with Crippen LogP contribution >= 0.6 is 11.8 Å². The number of rotatable bonds is 2. The van der Waals surface area contributed by atoms with Crippen LogP contribution in [0.4, 0.5) is 0 Å². The van der Waals surface area contributed by atoms with E-state index in [4.69, 9.17) is 0 Å². The van der Waals surface area contributed by atoms with Crippen LogP contribution in [0.5, 0.6) is 0 Å². The Morgan fingerprint density at radius 2 is 2.28 bits per heavy atom. The summed E-state index contributed by atoms with van der Waals surface area (Å²) in [5, 5.41) is 6.96. The van der Waals surface area contributed by atoms with E-state index in [2.05, 4.69) is 29.0 Å². The van der Waals surface area contributed by atoms with Crippen LogP contribution in [0.25, 0.3) is 0 Å². The van der Waals surface area contributed by atoms with Gasteiger partial charge in [-0.2, -0.15) is 11.8 Å². The van der Waals surface area contributed by atoms with Gasteiger partial charge in [-0.3, -0.25) is 9.89 Å². The Labute approximate surface area is 111 Å². The van der Waals surface area contributed by atoms with Gasteiger partial charge in [-0.1, -0.05) is 0 Å². The molecular weight excluding hydrogens is 248 g/mol. The third kappa shape index (κ3) is 2.39. The van der Waals surface area contributed by atoms with Crippen LogP contribution < -0.4 is 0 Å². The fourth-order valence-corrected chi connectivity index (χ4v) is 3.35. The summed E-state index contributed by atoms with van der Waals surface area (Å²) in [7, 11) is 0. The number of thioether (sulfide) groups is 1. The van der Waals surface area contributed by atoms with Crippen molar-refractivity contribution in [2.75, 3.05) is 18.8 Å². The minimum absolute atomic E-state index is 0.0356. The van der Waals surface area contributed by atoms with E-state index < -0.39 is 0 Å². The van der Waals surface area contributed by atoms with Crippen molar-refractivity contribution in [1.82, 2.24) is 20.1 Å². The first-order valence-electron chi connectivity index (χ1n) is 6.41. The molecule has 2 heterocycles. The van der Waals surface area contributed by atoms with Gasteiger partial charge in [-0.05, 0) is 26.7 Å². The quantitative estimate of drug-likeness (QED) is 0.884. The van der Waals surface area contributed by atoms with Crippen molar-refractivity contribution >= 4 is 17.7 Å². The normalized spacial score (nSPS) is 23.1. The summed E-state index contributed by atoms with van der Waals surface area (Å²) in [6.07, 6.45) is 2.33. The number of hydrogen-bond donors (Lipinski definition) is 1. The summed E-state index contributed by atoms with van der Waals surface area (Å²) in [4.78, 5) is 18.5. The molecule has 1 aromatic rings. The zero-order valence-electron chi connectivity index (χ0n) is 10.8. The Kier molecular flexibility index (Phi) is 2.84. The van der Waals surface area contributed by atoms with E-state index in [1.807, 2.05) is 16.7 Å². The molecule has 2 fully saturated rings. The SMILES string of the molecule is CC1(C)CN(C(=O)c2n[nH]c(C3CC3)n2)CCS1. The van der Waals surface area contributed by atoms with Crippen LogP contribution in [0.3, 0.4) is 0 Å². The molecule has 1 aliphatic heterocycles. The third-order valence-corrected chi connectivity index (χ3v) is 4.67. The summed E-state index contributed by atoms with van der Waals surface area (Å²) in [6.45, 7) is 5.90. The molecule has 1 aromatic heterocycles. The highest BCUT2D eigenvalue weighted by atomic mass is 32.2. The van der Waals surface area contributed by atoms with Crippen molar-refractivity contribution in [3.8, 4) is 0 Å². The molecule has 0 radical (unpaired) electrons. The molecule has 2 aliphatic rings. The van der Waals surface area contributed by atoms with Crippen molar-refractivity contribution in [3.05, 3.63) is 11.6 Å². The maximum absolute atomic E-state index is 12.3. The zero-order chi connectivity index (χ0) is 12.8. The lowest BCUT2D eigenvalue weighted by Gasteiger charge is -2.36. The molecule has 0 bridgehead atoms. The van der Waals surface area contributed by atoms with Gasteiger partial charge in [-0.25, -0.2) is 4.98 Å². The highest BCUT2D eigenvalue weighted by Crippen LogP contribution is 2.37. The highest BCUT2D eigenvalue weighted by Gasteiger charge is 2.33. The summed E-state index contributed by atoms with van der Waals surface area (Å²) in [6, 6.07) is 0. The first-order valence-corrected chi connectivity index (χ1v) is 7.39. The van der Waals surface area contributed by atoms with E-state index in [0.29, 0.717) is 11.7 Å². The average Bonchev–Trinajstić information content (AvgIpc) is 3.05. The summed E-state index contributed by atoms with van der Waals surface area (Å²) in [5.41, 5.74) is 0. The molecule has 1 saturated carbocycles. The van der Waals surface area contributed by atoms with E-state index >= 15 is 0 Å². The number of hydrogen-bond acceptors (Lipinski definition) is 4. The molecule has 6 heteroatoms. The molecule has 98 valence electrons. The van der Waals surface area contributed by atoms with Crippen LogP contribution in [0.2, 0.25) is 0 Å². The zero-order valence-corrected chi connectivity index (χ0v) is 11.6. The van der Waals surface area contributed by atoms with Gasteiger partial charge in [0.25, 0.3) is 5.91 Å². The van der Waals surface area contributed by atoms with Gasteiger partial charge in [0, 0.05) is 29.5 Å². The summed E-state index contributed by atoms with van der Waals surface area (Å²) >= 11 is 1.91. The molecule has 1 aliphatic carbocycles. The third-order valence-electron chi connectivity index (χ3n) is 3.37. The first kappa shape index (κ1) is 12.0. The predicted molar refractivity (Wildman–Crippen MR) is 70.8 cm³/mol. The first-order chi connectivity index (χ1) is 8.55. The minimum atomic E-state index is -0.0356. The number of carbonyl (C=O) groups is 1. The highest BCUT2D eigenvalue weighted by molar-refractivity contribution is 8.00. The fraction of sp³-hybridized carbons (Fsp3) is 0.750. The van der Waals surface area contributed by atoms with E-state index in [0.717, 1.165) is 37.5 Å². The Morgan fingerprint density at radius 3 is 2.94 bits per heavy atom. The van der Waals surface area contributed by atoms with Crippen LogP contribution in [0, 0.1) is 0 Å². The molecule has 0 unspecified atom stereocenters. The average molecular weight is 266 g/mol. The number of nitrogens with zero attached hydrogens (tertiary/aromatic N) is 3. The topological polar surface area (TPSA) is 61.9 Å². The van der Waals surface area contributed by atoms with Gasteiger partial charge in [0.1, 0.15) is 5.82 Å². The number of aromatic amines is 1. The Balaban J connectivity index is 1.72. The van der Waals surface area contributed by atoms with E-state index in [1.165, 1.54) is 0 Å². The molecule has 3 rings (SSSR count). The molecule has 0 spiro atoms. The molecule has 18 heavy (non-hydrogen) atoms. The van der Waals surface area contributed by atoms with E-state index in [1.54, 1.807) is 0 Å². The molecule has 1 amide bonds. The van der Waals surface area contributed by atoms with E-state index in [9.17, 15) is 4.79 Å². The Bertz CT molecular complexity index is 466. The van der Waals surface area contributed by atoms with Gasteiger partial charge in [0.15, 0.2) is 0 Å². The lowest BCUT2D eigenvalue weighted by molar-refractivity contribution is 0.0736. The second-order valence-corrected chi connectivity index (χ2v) is 7.46. The number of nitrogens with one attached hydrogen (secondary N) is 1. The molecular formula is C12H18N4OS. The maximum Gasteiger partial charge on any atom is 0.293 e. The molecule has 0 aromatic carbocycles. The van der Waals surface area contributed by atoms with Gasteiger partial charge in [0.2, 0.25) is 5.82 Å². The number of carbonyl (C=O) groups excluding carboxylic acids is 1. The van der Waals surface area contributed by atoms with E-state index in [-0.39, 0.29) is 10.7 Å². The Morgan fingerprint density at radius 1 is 1.50 bits per heavy atom. The van der Waals surface area contributed by atoms with Gasteiger partial charge >= 0.3 is 0 Å². The largest absolute Gasteiger partial charge is 0.334 e. The predicted octanol–water partition coefficient (Wildman–Crippen LogP) is 1.65. The van der Waals surface area contributed by atoms with Crippen molar-refractivity contribution in [3.63, 3.8) is 0 Å². The minimum Gasteiger partial charge on any atom is -0.334 e. The lowest BCUT2D eigenvalue weighted by atomic mass is 10.2. The van der Waals surface area contributed by atoms with Crippen molar-refractivity contribution in [1.29, 1.82) is 0 Å². The van der Waals surface area contributed by atoms with Gasteiger partial charge in [0.05, 0.1) is 0 Å². The van der Waals surface area contributed by atoms with Crippen LogP contribution in [-0.2, 0) is 0 Å². The summed E-state index contributed by atoms with van der Waals surface area (Å²) < 4.78 is 0.129. The Hall–Kier alpha value is -1.04. The lowest BCUT2D eigenvalue weighted by Crippen LogP contribution is -2.46. The van der Waals surface area contributed by atoms with Crippen LogP contribution in [0.15, 0.2) is 0 Å². The molecule has 1 N–H and O–H groups in total. The smallest absolute Gasteiger partial charge is 0.293 e. The molecule has 0 atom stereocenters. The van der Waals surface area contributed by atoms with Crippen molar-refractivity contribution in [2.45, 2.75) is 37.4 Å². The second kappa shape index (κ2) is 4.26. The van der Waals surface area contributed by atoms with Crippen molar-refractivity contribution in [2.24, 2.45) is 0 Å². The second-order valence-electron chi connectivity index (χ2n) is 5.65. The number of amides is 1. The summed E-state index contributed by atoms with van der Waals surface area (Å²) in [5.74, 6) is 2.67. The van der Waals surface area contributed by atoms with Crippen LogP contribution in [-0.4, -0.2) is 49.6 Å². The van der Waals surface area contributed by atoms with Crippen molar-refractivity contribution < 1.29 is 4.79 Å².